The minimum atomic E-state index is 0.345. The summed E-state index contributed by atoms with van der Waals surface area (Å²) in [6.45, 7) is 5.04. The molecule has 6 nitrogen and oxygen atoms in total. The maximum Gasteiger partial charge on any atom is 0.211 e. The van der Waals surface area contributed by atoms with Gasteiger partial charge in [-0.05, 0) is 37.7 Å². The lowest BCUT2D eigenvalue weighted by Crippen LogP contribution is -2.41. The molecule has 0 saturated carbocycles. The van der Waals surface area contributed by atoms with Crippen LogP contribution in [0.2, 0.25) is 5.02 Å². The lowest BCUT2D eigenvalue weighted by molar-refractivity contribution is 0.0975. The van der Waals surface area contributed by atoms with Crippen LogP contribution in [-0.2, 0) is 4.74 Å². The topological polar surface area (TPSA) is 51.9 Å². The van der Waals surface area contributed by atoms with E-state index in [4.69, 9.17) is 26.1 Å². The van der Waals surface area contributed by atoms with Gasteiger partial charge in [-0.2, -0.15) is 0 Å². The Morgan fingerprint density at radius 2 is 2.03 bits per heavy atom. The third-order valence-corrected chi connectivity index (χ3v) is 6.77. The van der Waals surface area contributed by atoms with E-state index in [2.05, 4.69) is 21.2 Å². The van der Waals surface area contributed by atoms with Crippen molar-refractivity contribution in [2.75, 3.05) is 31.7 Å². The average Bonchev–Trinajstić information content (AvgIpc) is 3.36. The Hall–Kier alpha value is -2.31. The molecule has 29 heavy (non-hydrogen) atoms. The van der Waals surface area contributed by atoms with Crippen LogP contribution in [0, 0.1) is 5.41 Å². The number of imidazole rings is 1. The van der Waals surface area contributed by atoms with Crippen LogP contribution in [0.3, 0.4) is 0 Å². The molecule has 1 spiro atoms. The molecule has 152 valence electrons. The lowest BCUT2D eigenvalue weighted by atomic mass is 9.77. The van der Waals surface area contributed by atoms with E-state index in [9.17, 15) is 0 Å². The fraction of sp³-hybridized carbons (Fsp3) is 0.455. The first kappa shape index (κ1) is 18.7. The Kier molecular flexibility index (Phi) is 4.63. The Morgan fingerprint density at radius 3 is 2.76 bits per heavy atom. The van der Waals surface area contributed by atoms with Crippen LogP contribution in [0.15, 0.2) is 36.8 Å². The monoisotopic (exact) mass is 412 g/mol. The van der Waals surface area contributed by atoms with Crippen LogP contribution < -0.4 is 9.64 Å². The molecule has 2 saturated heterocycles. The van der Waals surface area contributed by atoms with Crippen molar-refractivity contribution >= 4 is 23.2 Å². The minimum Gasteiger partial charge on any atom is -0.495 e. The number of anilines is 1. The molecule has 1 aromatic carbocycles. The normalized spacial score (nSPS) is 21.2. The van der Waals surface area contributed by atoms with Crippen molar-refractivity contribution < 1.29 is 9.47 Å². The third kappa shape index (κ3) is 3.15. The molecule has 0 unspecified atom stereocenters. The highest BCUT2D eigenvalue weighted by Crippen LogP contribution is 2.43. The van der Waals surface area contributed by atoms with Crippen molar-refractivity contribution in [2.45, 2.75) is 32.3 Å². The van der Waals surface area contributed by atoms with Crippen LogP contribution >= 0.6 is 11.6 Å². The molecule has 0 aliphatic carbocycles. The molecule has 2 aliphatic rings. The van der Waals surface area contributed by atoms with E-state index in [1.54, 1.807) is 7.11 Å². The molecule has 0 amide bonds. The van der Waals surface area contributed by atoms with Gasteiger partial charge in [0, 0.05) is 42.8 Å². The number of rotatable bonds is 3. The highest BCUT2D eigenvalue weighted by molar-refractivity contribution is 6.35. The summed E-state index contributed by atoms with van der Waals surface area (Å²) in [6, 6.07) is 5.76. The van der Waals surface area contributed by atoms with Gasteiger partial charge in [-0.1, -0.05) is 23.7 Å². The number of benzene rings is 1. The summed E-state index contributed by atoms with van der Waals surface area (Å²) in [5.41, 5.74) is 2.96. The Labute approximate surface area is 175 Å². The van der Waals surface area contributed by atoms with E-state index in [0.29, 0.717) is 22.3 Å². The molecule has 7 heteroatoms. The number of ether oxygens (including phenoxy) is 2. The maximum absolute atomic E-state index is 6.57. The van der Waals surface area contributed by atoms with E-state index in [1.165, 1.54) is 6.42 Å². The highest BCUT2D eigenvalue weighted by atomic mass is 35.5. The predicted molar refractivity (Wildman–Crippen MR) is 114 cm³/mol. The van der Waals surface area contributed by atoms with Gasteiger partial charge < -0.3 is 14.4 Å². The van der Waals surface area contributed by atoms with Crippen molar-refractivity contribution in [2.24, 2.45) is 5.41 Å². The number of fused-ring (bicyclic) bond motifs is 1. The molecular formula is C22H25ClN4O2. The number of hydrogen-bond acceptors (Lipinski definition) is 5. The first-order chi connectivity index (χ1) is 14.1. The average molecular weight is 413 g/mol. The first-order valence-corrected chi connectivity index (χ1v) is 10.5. The van der Waals surface area contributed by atoms with Crippen molar-refractivity contribution in [1.29, 1.82) is 0 Å². The van der Waals surface area contributed by atoms with Crippen LogP contribution in [0.25, 0.3) is 16.8 Å². The second-order valence-electron chi connectivity index (χ2n) is 8.23. The SMILES string of the molecule is COc1cccc(-c2cnc(N3CCC4(CC3)CO[C@@H](C)C4)n3ccnc23)c1Cl. The summed E-state index contributed by atoms with van der Waals surface area (Å²) in [7, 11) is 1.62. The number of hydrogen-bond donors (Lipinski definition) is 0. The van der Waals surface area contributed by atoms with Crippen molar-refractivity contribution in [1.82, 2.24) is 14.4 Å². The van der Waals surface area contributed by atoms with Crippen LogP contribution in [0.5, 0.6) is 5.75 Å². The summed E-state index contributed by atoms with van der Waals surface area (Å²) < 4.78 is 13.3. The summed E-state index contributed by atoms with van der Waals surface area (Å²) >= 11 is 6.57. The largest absolute Gasteiger partial charge is 0.495 e. The molecule has 3 aromatic rings. The van der Waals surface area contributed by atoms with E-state index < -0.39 is 0 Å². The molecule has 0 bridgehead atoms. The third-order valence-electron chi connectivity index (χ3n) is 6.38. The van der Waals surface area contributed by atoms with E-state index in [0.717, 1.165) is 55.3 Å². The number of methoxy groups -OCH3 is 1. The van der Waals surface area contributed by atoms with E-state index >= 15 is 0 Å². The zero-order chi connectivity index (χ0) is 20.0. The second kappa shape index (κ2) is 7.18. The van der Waals surface area contributed by atoms with Crippen molar-refractivity contribution in [3.05, 3.63) is 41.8 Å². The van der Waals surface area contributed by atoms with Gasteiger partial charge in [-0.3, -0.25) is 4.40 Å². The van der Waals surface area contributed by atoms with Crippen molar-refractivity contribution in [3.63, 3.8) is 0 Å². The fourth-order valence-corrected chi connectivity index (χ4v) is 5.09. The molecule has 5 rings (SSSR count). The summed E-state index contributed by atoms with van der Waals surface area (Å²) in [4.78, 5) is 11.8. The van der Waals surface area contributed by atoms with Gasteiger partial charge in [0.2, 0.25) is 5.95 Å². The molecule has 2 aliphatic heterocycles. The number of halogens is 1. The molecule has 2 fully saturated rings. The zero-order valence-electron chi connectivity index (χ0n) is 16.8. The Bertz CT molecular complexity index is 1040. The van der Waals surface area contributed by atoms with Gasteiger partial charge in [0.1, 0.15) is 11.4 Å². The second-order valence-corrected chi connectivity index (χ2v) is 8.61. The van der Waals surface area contributed by atoms with E-state index in [-0.39, 0.29) is 0 Å². The molecular weight excluding hydrogens is 388 g/mol. The van der Waals surface area contributed by atoms with Crippen LogP contribution in [0.1, 0.15) is 26.2 Å². The van der Waals surface area contributed by atoms with E-state index in [1.807, 2.05) is 36.8 Å². The summed E-state index contributed by atoms with van der Waals surface area (Å²) in [5.74, 6) is 1.58. The molecule has 0 radical (unpaired) electrons. The van der Waals surface area contributed by atoms with Gasteiger partial charge in [0.05, 0.1) is 24.8 Å². The van der Waals surface area contributed by atoms with Crippen molar-refractivity contribution in [3.8, 4) is 16.9 Å². The van der Waals surface area contributed by atoms with Crippen LogP contribution in [-0.4, -0.2) is 47.3 Å². The van der Waals surface area contributed by atoms with Gasteiger partial charge in [0.15, 0.2) is 0 Å². The number of aromatic nitrogens is 3. The minimum absolute atomic E-state index is 0.345. The number of piperidine rings is 1. The first-order valence-electron chi connectivity index (χ1n) is 10.1. The molecule has 0 N–H and O–H groups in total. The Morgan fingerprint density at radius 1 is 1.21 bits per heavy atom. The van der Waals surface area contributed by atoms with Crippen LogP contribution in [0.4, 0.5) is 5.95 Å². The molecule has 1 atom stereocenters. The maximum atomic E-state index is 6.57. The van der Waals surface area contributed by atoms with Gasteiger partial charge in [0.25, 0.3) is 0 Å². The molecule has 2 aromatic heterocycles. The highest BCUT2D eigenvalue weighted by Gasteiger charge is 2.41. The lowest BCUT2D eigenvalue weighted by Gasteiger charge is -2.39. The van der Waals surface area contributed by atoms with Gasteiger partial charge in [-0.25, -0.2) is 9.97 Å². The summed E-state index contributed by atoms with van der Waals surface area (Å²) in [6.07, 6.45) is 9.49. The smallest absolute Gasteiger partial charge is 0.211 e. The number of nitrogens with zero attached hydrogens (tertiary/aromatic N) is 4. The fourth-order valence-electron chi connectivity index (χ4n) is 4.78. The predicted octanol–water partition coefficient (Wildman–Crippen LogP) is 4.45. The quantitative estimate of drug-likeness (QED) is 0.636. The van der Waals surface area contributed by atoms with Gasteiger partial charge >= 0.3 is 0 Å². The Balaban J connectivity index is 1.48. The standard InChI is InChI=1S/C22H25ClN4O2/c1-15-12-22(14-29-15)6-9-26(10-7-22)21-25-13-17(20-24-8-11-27(20)21)16-4-3-5-18(28-2)19(16)23/h3-5,8,11,13,15H,6-7,9-10,12,14H2,1-2H3/t15-/m0/s1. The molecule has 4 heterocycles. The zero-order valence-corrected chi connectivity index (χ0v) is 17.5. The van der Waals surface area contributed by atoms with Gasteiger partial charge in [-0.15, -0.1) is 0 Å². The summed E-state index contributed by atoms with van der Waals surface area (Å²) in [5, 5.41) is 0.574.